The molecule has 1 aromatic rings. The standard InChI is InChI=1S/C13H22N2O5S/c1-18-7-6-14-4-5-15-21(16,17)13-9-11(19-2)8-12(10-13)20-3/h8-10,14-15H,4-7H2,1-3H3. The van der Waals surface area contributed by atoms with E-state index in [1.54, 1.807) is 13.2 Å². The third kappa shape index (κ3) is 5.88. The van der Waals surface area contributed by atoms with Gasteiger partial charge in [-0.05, 0) is 0 Å². The van der Waals surface area contributed by atoms with E-state index in [1.807, 2.05) is 0 Å². The molecule has 0 saturated carbocycles. The molecule has 0 amide bonds. The van der Waals surface area contributed by atoms with Gasteiger partial charge < -0.3 is 19.5 Å². The molecule has 21 heavy (non-hydrogen) atoms. The second-order valence-electron chi connectivity index (χ2n) is 4.19. The normalized spacial score (nSPS) is 11.4. The Morgan fingerprint density at radius 1 is 0.952 bits per heavy atom. The molecule has 1 aromatic carbocycles. The zero-order chi connectivity index (χ0) is 15.7. The van der Waals surface area contributed by atoms with E-state index in [2.05, 4.69) is 10.0 Å². The molecule has 7 nitrogen and oxygen atoms in total. The molecule has 120 valence electrons. The molecule has 0 aliphatic heterocycles. The molecule has 2 N–H and O–H groups in total. The molecule has 0 aliphatic carbocycles. The van der Waals surface area contributed by atoms with Crippen LogP contribution in [0.2, 0.25) is 0 Å². The van der Waals surface area contributed by atoms with Crippen LogP contribution in [-0.2, 0) is 14.8 Å². The summed E-state index contributed by atoms with van der Waals surface area (Å²) >= 11 is 0. The number of rotatable bonds is 10. The lowest BCUT2D eigenvalue weighted by Gasteiger charge is -2.10. The van der Waals surface area contributed by atoms with Crippen molar-refractivity contribution in [3.63, 3.8) is 0 Å². The molecule has 0 aliphatic rings. The zero-order valence-electron chi connectivity index (χ0n) is 12.5. The van der Waals surface area contributed by atoms with E-state index < -0.39 is 10.0 Å². The van der Waals surface area contributed by atoms with Crippen LogP contribution in [0.25, 0.3) is 0 Å². The van der Waals surface area contributed by atoms with Crippen LogP contribution in [0.5, 0.6) is 11.5 Å². The minimum Gasteiger partial charge on any atom is -0.497 e. The summed E-state index contributed by atoms with van der Waals surface area (Å²) in [5.74, 6) is 0.848. The van der Waals surface area contributed by atoms with Gasteiger partial charge >= 0.3 is 0 Å². The number of methoxy groups -OCH3 is 3. The summed E-state index contributed by atoms with van der Waals surface area (Å²) in [6, 6.07) is 4.51. The van der Waals surface area contributed by atoms with Gasteiger partial charge in [-0.2, -0.15) is 0 Å². The highest BCUT2D eigenvalue weighted by Crippen LogP contribution is 2.25. The smallest absolute Gasteiger partial charge is 0.240 e. The lowest BCUT2D eigenvalue weighted by atomic mass is 10.3. The van der Waals surface area contributed by atoms with Crippen molar-refractivity contribution in [2.45, 2.75) is 4.90 Å². The van der Waals surface area contributed by atoms with Crippen molar-refractivity contribution in [2.75, 3.05) is 47.6 Å². The van der Waals surface area contributed by atoms with Crippen LogP contribution in [0.15, 0.2) is 23.1 Å². The predicted octanol–water partition coefficient (Wildman–Crippen LogP) is 0.218. The molecule has 0 unspecified atom stereocenters. The molecule has 0 aromatic heterocycles. The highest BCUT2D eigenvalue weighted by Gasteiger charge is 2.16. The van der Waals surface area contributed by atoms with Crippen LogP contribution in [0.3, 0.4) is 0 Å². The molecular formula is C13H22N2O5S. The van der Waals surface area contributed by atoms with Gasteiger partial charge in [-0.25, -0.2) is 13.1 Å². The summed E-state index contributed by atoms with van der Waals surface area (Å²) in [5, 5.41) is 3.05. The lowest BCUT2D eigenvalue weighted by molar-refractivity contribution is 0.199. The van der Waals surface area contributed by atoms with Gasteiger partial charge in [0.2, 0.25) is 10.0 Å². The van der Waals surface area contributed by atoms with Crippen molar-refractivity contribution in [2.24, 2.45) is 0 Å². The molecule has 0 heterocycles. The van der Waals surface area contributed by atoms with Crippen LogP contribution >= 0.6 is 0 Å². The summed E-state index contributed by atoms with van der Waals surface area (Å²) in [5.41, 5.74) is 0. The quantitative estimate of drug-likeness (QED) is 0.600. The van der Waals surface area contributed by atoms with E-state index in [1.165, 1.54) is 26.4 Å². The van der Waals surface area contributed by atoms with Crippen LogP contribution < -0.4 is 19.5 Å². The topological polar surface area (TPSA) is 85.9 Å². The Hall–Kier alpha value is -1.35. The van der Waals surface area contributed by atoms with Crippen LogP contribution in [-0.4, -0.2) is 56.0 Å². The van der Waals surface area contributed by atoms with E-state index in [0.29, 0.717) is 31.2 Å². The number of hydrogen-bond donors (Lipinski definition) is 2. The van der Waals surface area contributed by atoms with Gasteiger partial charge in [0, 0.05) is 44.9 Å². The summed E-state index contributed by atoms with van der Waals surface area (Å²) in [6.45, 7) is 2.06. The van der Waals surface area contributed by atoms with E-state index in [9.17, 15) is 8.42 Å². The van der Waals surface area contributed by atoms with Gasteiger partial charge in [-0.3, -0.25) is 0 Å². The van der Waals surface area contributed by atoms with E-state index in [4.69, 9.17) is 14.2 Å². The van der Waals surface area contributed by atoms with E-state index >= 15 is 0 Å². The summed E-state index contributed by atoms with van der Waals surface area (Å²) in [4.78, 5) is 0.107. The van der Waals surface area contributed by atoms with E-state index in [-0.39, 0.29) is 11.4 Å². The van der Waals surface area contributed by atoms with Crippen molar-refractivity contribution in [1.29, 1.82) is 0 Å². The predicted molar refractivity (Wildman–Crippen MR) is 79.5 cm³/mol. The Bertz CT molecular complexity index is 511. The SMILES string of the molecule is COCCNCCNS(=O)(=O)c1cc(OC)cc(OC)c1. The van der Waals surface area contributed by atoms with Gasteiger partial charge in [-0.1, -0.05) is 0 Å². The minimum absolute atomic E-state index is 0.107. The molecule has 0 atom stereocenters. The van der Waals surface area contributed by atoms with Gasteiger partial charge in [0.1, 0.15) is 11.5 Å². The molecular weight excluding hydrogens is 296 g/mol. The Morgan fingerprint density at radius 2 is 1.57 bits per heavy atom. The second-order valence-corrected chi connectivity index (χ2v) is 5.96. The first-order chi connectivity index (χ1) is 10.0. The molecule has 0 saturated heterocycles. The first-order valence-corrected chi connectivity index (χ1v) is 7.94. The highest BCUT2D eigenvalue weighted by molar-refractivity contribution is 7.89. The Balaban J connectivity index is 2.65. The Kier molecular flexibility index (Phi) is 7.44. The van der Waals surface area contributed by atoms with E-state index in [0.717, 1.165) is 0 Å². The van der Waals surface area contributed by atoms with Crippen LogP contribution in [0.1, 0.15) is 0 Å². The number of benzene rings is 1. The monoisotopic (exact) mass is 318 g/mol. The summed E-state index contributed by atoms with van der Waals surface area (Å²) in [6.07, 6.45) is 0. The van der Waals surface area contributed by atoms with Crippen LogP contribution in [0.4, 0.5) is 0 Å². The largest absolute Gasteiger partial charge is 0.497 e. The average Bonchev–Trinajstić information content (AvgIpc) is 2.50. The van der Waals surface area contributed by atoms with Gasteiger partial charge in [0.15, 0.2) is 0 Å². The van der Waals surface area contributed by atoms with Crippen LogP contribution in [0, 0.1) is 0 Å². The van der Waals surface area contributed by atoms with Crippen molar-refractivity contribution in [3.8, 4) is 11.5 Å². The highest BCUT2D eigenvalue weighted by atomic mass is 32.2. The lowest BCUT2D eigenvalue weighted by Crippen LogP contribution is -2.33. The molecule has 0 bridgehead atoms. The molecule has 1 rings (SSSR count). The fourth-order valence-corrected chi connectivity index (χ4v) is 2.67. The third-order valence-electron chi connectivity index (χ3n) is 2.71. The molecule has 0 spiro atoms. The van der Waals surface area contributed by atoms with Crippen molar-refractivity contribution in [1.82, 2.24) is 10.0 Å². The first kappa shape index (κ1) is 17.7. The fourth-order valence-electron chi connectivity index (χ4n) is 1.59. The number of hydrogen-bond acceptors (Lipinski definition) is 6. The molecule has 0 fully saturated rings. The van der Waals surface area contributed by atoms with Crippen molar-refractivity contribution >= 4 is 10.0 Å². The number of sulfonamides is 1. The fraction of sp³-hybridized carbons (Fsp3) is 0.538. The van der Waals surface area contributed by atoms with Gasteiger partial charge in [0.25, 0.3) is 0 Å². The minimum atomic E-state index is -3.60. The average molecular weight is 318 g/mol. The van der Waals surface area contributed by atoms with Crippen molar-refractivity contribution < 1.29 is 22.6 Å². The van der Waals surface area contributed by atoms with Gasteiger partial charge in [-0.15, -0.1) is 0 Å². The maximum atomic E-state index is 12.2. The second kappa shape index (κ2) is 8.83. The van der Waals surface area contributed by atoms with Crippen molar-refractivity contribution in [3.05, 3.63) is 18.2 Å². The zero-order valence-corrected chi connectivity index (χ0v) is 13.3. The summed E-state index contributed by atoms with van der Waals surface area (Å²) in [7, 11) is 0.953. The third-order valence-corrected chi connectivity index (χ3v) is 4.15. The molecule has 8 heteroatoms. The maximum Gasteiger partial charge on any atom is 0.240 e. The Morgan fingerprint density at radius 3 is 2.10 bits per heavy atom. The Labute approximate surface area is 125 Å². The first-order valence-electron chi connectivity index (χ1n) is 6.46. The number of ether oxygens (including phenoxy) is 3. The number of nitrogens with one attached hydrogen (secondary N) is 2. The van der Waals surface area contributed by atoms with Gasteiger partial charge in [0.05, 0.1) is 25.7 Å². The summed E-state index contributed by atoms with van der Waals surface area (Å²) < 4.78 is 41.9. The maximum absolute atomic E-state index is 12.2. The molecule has 0 radical (unpaired) electrons.